The number of hydrogen-bond acceptors (Lipinski definition) is 1. The van der Waals surface area contributed by atoms with Gasteiger partial charge in [0.25, 0.3) is 0 Å². The number of benzene rings is 1. The zero-order chi connectivity index (χ0) is 14.4. The molecule has 0 aliphatic heterocycles. The summed E-state index contributed by atoms with van der Waals surface area (Å²) in [5.41, 5.74) is 4.39. The maximum Gasteiger partial charge on any atom is 0.00698 e. The molecule has 0 bridgehead atoms. The molecule has 1 aliphatic carbocycles. The first kappa shape index (κ1) is 15.6. The van der Waals surface area contributed by atoms with Gasteiger partial charge in [-0.05, 0) is 68.7 Å². The highest BCUT2D eigenvalue weighted by Crippen LogP contribution is 2.27. The normalized spacial score (nSPS) is 23.6. The van der Waals surface area contributed by atoms with Crippen LogP contribution in [0.2, 0.25) is 0 Å². The molecule has 112 valence electrons. The quantitative estimate of drug-likeness (QED) is 0.760. The highest BCUT2D eigenvalue weighted by Gasteiger charge is 2.20. The molecule has 1 fully saturated rings. The molecule has 0 radical (unpaired) electrons. The van der Waals surface area contributed by atoms with Gasteiger partial charge >= 0.3 is 0 Å². The van der Waals surface area contributed by atoms with Crippen molar-refractivity contribution in [2.75, 3.05) is 6.54 Å². The summed E-state index contributed by atoms with van der Waals surface area (Å²) in [6.07, 6.45) is 9.50. The van der Waals surface area contributed by atoms with Crippen molar-refractivity contribution >= 4 is 0 Å². The van der Waals surface area contributed by atoms with Crippen LogP contribution in [0.5, 0.6) is 0 Å². The van der Waals surface area contributed by atoms with Crippen molar-refractivity contribution in [3.63, 3.8) is 0 Å². The largest absolute Gasteiger partial charge is 0.314 e. The van der Waals surface area contributed by atoms with Crippen LogP contribution in [-0.2, 0) is 6.42 Å². The lowest BCUT2D eigenvalue weighted by molar-refractivity contribution is 0.384. The molecule has 1 aromatic rings. The van der Waals surface area contributed by atoms with E-state index < -0.39 is 0 Å². The molecule has 2 unspecified atom stereocenters. The third kappa shape index (κ3) is 4.63. The van der Waals surface area contributed by atoms with E-state index >= 15 is 0 Å². The van der Waals surface area contributed by atoms with E-state index in [-0.39, 0.29) is 0 Å². The van der Waals surface area contributed by atoms with Gasteiger partial charge in [0.2, 0.25) is 0 Å². The van der Waals surface area contributed by atoms with E-state index in [0.717, 1.165) is 12.0 Å². The molecule has 1 aliphatic rings. The van der Waals surface area contributed by atoms with E-state index in [1.807, 2.05) is 0 Å². The predicted molar refractivity (Wildman–Crippen MR) is 88.3 cm³/mol. The fourth-order valence-corrected chi connectivity index (χ4v) is 3.44. The Kier molecular flexibility index (Phi) is 6.09. The van der Waals surface area contributed by atoms with Crippen LogP contribution in [0.1, 0.15) is 62.1 Å². The highest BCUT2D eigenvalue weighted by molar-refractivity contribution is 5.30. The number of hydrogen-bond donors (Lipinski definition) is 1. The average Bonchev–Trinajstić information content (AvgIpc) is 2.66. The summed E-state index contributed by atoms with van der Waals surface area (Å²) >= 11 is 0. The molecule has 0 spiro atoms. The van der Waals surface area contributed by atoms with Crippen molar-refractivity contribution < 1.29 is 0 Å². The van der Waals surface area contributed by atoms with Crippen molar-refractivity contribution in [2.24, 2.45) is 5.92 Å². The molecule has 0 saturated heterocycles. The molecule has 1 nitrogen and oxygen atoms in total. The van der Waals surface area contributed by atoms with E-state index in [1.54, 1.807) is 0 Å². The fourth-order valence-electron chi connectivity index (χ4n) is 3.44. The summed E-state index contributed by atoms with van der Waals surface area (Å²) in [4.78, 5) is 0. The Bertz CT molecular complexity index is 410. The number of rotatable bonds is 5. The Morgan fingerprint density at radius 2 is 1.90 bits per heavy atom. The SMILES string of the molecule is CCCNC1CCCCC(Cc2ccc(C)c(C)c2)C1. The zero-order valence-corrected chi connectivity index (χ0v) is 13.5. The van der Waals surface area contributed by atoms with Crippen LogP contribution in [0.3, 0.4) is 0 Å². The summed E-state index contributed by atoms with van der Waals surface area (Å²) in [6, 6.07) is 7.78. The Labute approximate surface area is 125 Å². The molecule has 2 rings (SSSR count). The second kappa shape index (κ2) is 7.83. The van der Waals surface area contributed by atoms with Crippen LogP contribution >= 0.6 is 0 Å². The van der Waals surface area contributed by atoms with Crippen LogP contribution in [-0.4, -0.2) is 12.6 Å². The Hall–Kier alpha value is -0.820. The second-order valence-corrected chi connectivity index (χ2v) is 6.66. The van der Waals surface area contributed by atoms with Crippen LogP contribution in [0.15, 0.2) is 18.2 Å². The summed E-state index contributed by atoms with van der Waals surface area (Å²) in [5, 5.41) is 3.75. The summed E-state index contributed by atoms with van der Waals surface area (Å²) in [5.74, 6) is 0.869. The van der Waals surface area contributed by atoms with E-state index in [0.29, 0.717) is 0 Å². The van der Waals surface area contributed by atoms with Gasteiger partial charge in [-0.25, -0.2) is 0 Å². The predicted octanol–water partition coefficient (Wildman–Crippen LogP) is 4.79. The van der Waals surface area contributed by atoms with Gasteiger partial charge in [-0.1, -0.05) is 44.4 Å². The van der Waals surface area contributed by atoms with Crippen molar-refractivity contribution in [3.05, 3.63) is 34.9 Å². The van der Waals surface area contributed by atoms with Crippen LogP contribution in [0.4, 0.5) is 0 Å². The number of aryl methyl sites for hydroxylation is 2. The van der Waals surface area contributed by atoms with Gasteiger partial charge in [0, 0.05) is 6.04 Å². The average molecular weight is 273 g/mol. The third-order valence-corrected chi connectivity index (χ3v) is 4.81. The second-order valence-electron chi connectivity index (χ2n) is 6.66. The number of nitrogens with one attached hydrogen (secondary N) is 1. The standard InChI is InChI=1S/C19H31N/c1-4-11-20-19-8-6-5-7-17(14-19)13-18-10-9-15(2)16(3)12-18/h9-10,12,17,19-20H,4-8,11,13-14H2,1-3H3. The Morgan fingerprint density at radius 1 is 1.10 bits per heavy atom. The highest BCUT2D eigenvalue weighted by atomic mass is 14.9. The summed E-state index contributed by atoms with van der Waals surface area (Å²) < 4.78 is 0. The van der Waals surface area contributed by atoms with E-state index in [4.69, 9.17) is 0 Å². The zero-order valence-electron chi connectivity index (χ0n) is 13.5. The van der Waals surface area contributed by atoms with Crippen LogP contribution in [0.25, 0.3) is 0 Å². The maximum absolute atomic E-state index is 3.75. The van der Waals surface area contributed by atoms with Crippen molar-refractivity contribution in [1.29, 1.82) is 0 Å². The lowest BCUT2D eigenvalue weighted by Gasteiger charge is -2.21. The summed E-state index contributed by atoms with van der Waals surface area (Å²) in [7, 11) is 0. The van der Waals surface area contributed by atoms with Gasteiger partial charge in [-0.15, -0.1) is 0 Å². The van der Waals surface area contributed by atoms with Gasteiger partial charge < -0.3 is 5.32 Å². The molecular weight excluding hydrogens is 242 g/mol. The minimum absolute atomic E-state index is 0.758. The topological polar surface area (TPSA) is 12.0 Å². The minimum Gasteiger partial charge on any atom is -0.314 e. The van der Waals surface area contributed by atoms with Gasteiger partial charge in [-0.3, -0.25) is 0 Å². The van der Waals surface area contributed by atoms with Gasteiger partial charge in [0.05, 0.1) is 0 Å². The van der Waals surface area contributed by atoms with Gasteiger partial charge in [-0.2, -0.15) is 0 Å². The fraction of sp³-hybridized carbons (Fsp3) is 0.684. The molecule has 20 heavy (non-hydrogen) atoms. The summed E-state index contributed by atoms with van der Waals surface area (Å²) in [6.45, 7) is 7.88. The van der Waals surface area contributed by atoms with Gasteiger partial charge in [0.15, 0.2) is 0 Å². The lowest BCUT2D eigenvalue weighted by Crippen LogP contribution is -2.31. The van der Waals surface area contributed by atoms with E-state index in [9.17, 15) is 0 Å². The first-order chi connectivity index (χ1) is 9.69. The Morgan fingerprint density at radius 3 is 2.65 bits per heavy atom. The van der Waals surface area contributed by atoms with E-state index in [2.05, 4.69) is 44.3 Å². The third-order valence-electron chi connectivity index (χ3n) is 4.81. The first-order valence-electron chi connectivity index (χ1n) is 8.48. The van der Waals surface area contributed by atoms with Crippen molar-refractivity contribution in [1.82, 2.24) is 5.32 Å². The molecule has 1 aromatic carbocycles. The minimum atomic E-state index is 0.758. The molecule has 1 saturated carbocycles. The maximum atomic E-state index is 3.75. The molecule has 0 heterocycles. The van der Waals surface area contributed by atoms with Crippen LogP contribution in [0, 0.1) is 19.8 Å². The smallest absolute Gasteiger partial charge is 0.00698 e. The molecule has 0 aromatic heterocycles. The van der Waals surface area contributed by atoms with E-state index in [1.165, 1.54) is 68.2 Å². The van der Waals surface area contributed by atoms with Crippen molar-refractivity contribution in [3.8, 4) is 0 Å². The Balaban J connectivity index is 1.94. The molecule has 2 atom stereocenters. The molecule has 1 heteroatoms. The molecule has 0 amide bonds. The molecular formula is C19H31N. The molecule has 1 N–H and O–H groups in total. The van der Waals surface area contributed by atoms with Gasteiger partial charge in [0.1, 0.15) is 0 Å². The monoisotopic (exact) mass is 273 g/mol. The van der Waals surface area contributed by atoms with Crippen molar-refractivity contribution in [2.45, 2.75) is 71.8 Å². The van der Waals surface area contributed by atoms with Crippen LogP contribution < -0.4 is 5.32 Å². The lowest BCUT2D eigenvalue weighted by atomic mass is 9.90. The first-order valence-corrected chi connectivity index (χ1v) is 8.48.